The van der Waals surface area contributed by atoms with Crippen LogP contribution < -0.4 is 0 Å². The lowest BCUT2D eigenvalue weighted by molar-refractivity contribution is 1.14. The second kappa shape index (κ2) is 7.42. The van der Waals surface area contributed by atoms with E-state index in [-0.39, 0.29) is 0 Å². The molecule has 0 radical (unpaired) electrons. The molecule has 0 saturated carbocycles. The molecule has 0 heterocycles. The van der Waals surface area contributed by atoms with Crippen LogP contribution in [0.15, 0.2) is 60.7 Å². The van der Waals surface area contributed by atoms with Gasteiger partial charge >= 0.3 is 0 Å². The molecule has 0 aliphatic heterocycles. The molecule has 0 aliphatic carbocycles. The Morgan fingerprint density at radius 3 is 1.29 bits per heavy atom. The van der Waals surface area contributed by atoms with Crippen molar-refractivity contribution in [2.45, 2.75) is 26.7 Å². The highest BCUT2D eigenvalue weighted by Crippen LogP contribution is 2.31. The molecule has 0 N–H and O–H groups in total. The summed E-state index contributed by atoms with van der Waals surface area (Å²) in [5, 5.41) is 1.59. The molecule has 122 valence electrons. The van der Waals surface area contributed by atoms with Crippen LogP contribution in [0.1, 0.15) is 25.0 Å². The van der Waals surface area contributed by atoms with Crippen molar-refractivity contribution in [3.8, 4) is 22.3 Å². The number of hydrogen-bond acceptors (Lipinski definition) is 0. The summed E-state index contributed by atoms with van der Waals surface area (Å²) in [5.41, 5.74) is 7.49. The maximum Gasteiger partial charge on any atom is 0.0409 e. The van der Waals surface area contributed by atoms with Crippen LogP contribution in [0.2, 0.25) is 10.0 Å². The summed E-state index contributed by atoms with van der Waals surface area (Å²) in [7, 11) is 0. The van der Waals surface area contributed by atoms with Crippen LogP contribution in [0.4, 0.5) is 0 Å². The van der Waals surface area contributed by atoms with Gasteiger partial charge in [-0.15, -0.1) is 0 Å². The summed E-state index contributed by atoms with van der Waals surface area (Å²) < 4.78 is 0. The number of hydrogen-bond donors (Lipinski definition) is 0. The van der Waals surface area contributed by atoms with E-state index in [2.05, 4.69) is 62.4 Å². The zero-order chi connectivity index (χ0) is 17.1. The van der Waals surface area contributed by atoms with Gasteiger partial charge in [-0.1, -0.05) is 73.4 Å². The Morgan fingerprint density at radius 1 is 0.583 bits per heavy atom. The number of aryl methyl sites for hydroxylation is 2. The lowest BCUT2D eigenvalue weighted by atomic mass is 9.94. The third-order valence-electron chi connectivity index (χ3n) is 4.40. The Hall–Kier alpha value is -1.76. The van der Waals surface area contributed by atoms with Gasteiger partial charge in [0, 0.05) is 10.0 Å². The minimum atomic E-state index is 0.793. The van der Waals surface area contributed by atoms with Gasteiger partial charge in [0.2, 0.25) is 0 Å². The minimum Gasteiger partial charge on any atom is -0.0843 e. The largest absolute Gasteiger partial charge is 0.0843 e. The molecule has 0 aliphatic rings. The van der Waals surface area contributed by atoms with E-state index >= 15 is 0 Å². The van der Waals surface area contributed by atoms with Gasteiger partial charge in [0.05, 0.1) is 0 Å². The number of benzene rings is 3. The van der Waals surface area contributed by atoms with Crippen LogP contribution in [0, 0.1) is 0 Å². The second-order valence-electron chi connectivity index (χ2n) is 5.89. The molecule has 0 amide bonds. The van der Waals surface area contributed by atoms with Crippen LogP contribution in [0.3, 0.4) is 0 Å². The molecular formula is C22H20Cl2. The van der Waals surface area contributed by atoms with Gasteiger partial charge in [-0.3, -0.25) is 0 Å². The third-order valence-corrected chi connectivity index (χ3v) is 4.87. The fourth-order valence-electron chi connectivity index (χ4n) is 3.10. The molecule has 2 heteroatoms. The van der Waals surface area contributed by atoms with Gasteiger partial charge in [-0.05, 0) is 70.5 Å². The predicted molar refractivity (Wildman–Crippen MR) is 106 cm³/mol. The smallest absolute Gasteiger partial charge is 0.0409 e. The molecule has 0 spiro atoms. The quantitative estimate of drug-likeness (QED) is 0.456. The van der Waals surface area contributed by atoms with Crippen LogP contribution >= 0.6 is 23.2 Å². The lowest BCUT2D eigenvalue weighted by Crippen LogP contribution is -1.90. The highest BCUT2D eigenvalue weighted by atomic mass is 35.5. The monoisotopic (exact) mass is 354 g/mol. The van der Waals surface area contributed by atoms with Crippen molar-refractivity contribution in [2.24, 2.45) is 0 Å². The van der Waals surface area contributed by atoms with Gasteiger partial charge in [0.1, 0.15) is 0 Å². The molecule has 0 atom stereocenters. The Kier molecular flexibility index (Phi) is 5.28. The first-order valence-electron chi connectivity index (χ1n) is 8.30. The van der Waals surface area contributed by atoms with Crippen molar-refractivity contribution in [3.63, 3.8) is 0 Å². The highest BCUT2D eigenvalue weighted by molar-refractivity contribution is 6.31. The molecular weight excluding hydrogens is 335 g/mol. The van der Waals surface area contributed by atoms with E-state index in [9.17, 15) is 0 Å². The maximum atomic E-state index is 6.12. The van der Waals surface area contributed by atoms with E-state index in [0.717, 1.165) is 22.9 Å². The Bertz CT molecular complexity index is 776. The summed E-state index contributed by atoms with van der Waals surface area (Å²) in [5.74, 6) is 0. The molecule has 0 nitrogen and oxygen atoms in total. The zero-order valence-electron chi connectivity index (χ0n) is 13.9. The van der Waals surface area contributed by atoms with Gasteiger partial charge in [0.25, 0.3) is 0 Å². The fraction of sp³-hybridized carbons (Fsp3) is 0.182. The minimum absolute atomic E-state index is 0.793. The van der Waals surface area contributed by atoms with Crippen LogP contribution in [0.5, 0.6) is 0 Å². The van der Waals surface area contributed by atoms with Crippen molar-refractivity contribution in [2.75, 3.05) is 0 Å². The van der Waals surface area contributed by atoms with E-state index in [0.29, 0.717) is 0 Å². The lowest BCUT2D eigenvalue weighted by Gasteiger charge is -2.12. The number of halogens is 2. The summed E-state index contributed by atoms with van der Waals surface area (Å²) in [6, 6.07) is 21.0. The van der Waals surface area contributed by atoms with Crippen molar-refractivity contribution in [1.29, 1.82) is 0 Å². The van der Waals surface area contributed by atoms with Gasteiger partial charge < -0.3 is 0 Å². The van der Waals surface area contributed by atoms with Crippen LogP contribution in [-0.4, -0.2) is 0 Å². The van der Waals surface area contributed by atoms with Crippen molar-refractivity contribution in [3.05, 3.63) is 81.8 Å². The van der Waals surface area contributed by atoms with Crippen LogP contribution in [0.25, 0.3) is 22.3 Å². The molecule has 0 unspecified atom stereocenters. The first-order chi connectivity index (χ1) is 11.6. The Morgan fingerprint density at radius 2 is 0.958 bits per heavy atom. The van der Waals surface area contributed by atoms with Crippen molar-refractivity contribution >= 4 is 23.2 Å². The molecule has 24 heavy (non-hydrogen) atoms. The topological polar surface area (TPSA) is 0 Å². The van der Waals surface area contributed by atoms with E-state index < -0.39 is 0 Å². The molecule has 0 saturated heterocycles. The third kappa shape index (κ3) is 3.50. The molecule has 0 fully saturated rings. The summed E-state index contributed by atoms with van der Waals surface area (Å²) >= 11 is 12.2. The molecule has 3 aromatic rings. The van der Waals surface area contributed by atoms with Crippen molar-refractivity contribution < 1.29 is 0 Å². The highest BCUT2D eigenvalue weighted by Gasteiger charge is 2.08. The van der Waals surface area contributed by atoms with E-state index in [4.69, 9.17) is 23.2 Å². The number of rotatable bonds is 4. The fourth-order valence-corrected chi connectivity index (χ4v) is 3.49. The van der Waals surface area contributed by atoms with E-state index in [1.807, 2.05) is 12.1 Å². The van der Waals surface area contributed by atoms with Crippen molar-refractivity contribution in [1.82, 2.24) is 0 Å². The first-order valence-corrected chi connectivity index (χ1v) is 9.05. The summed E-state index contributed by atoms with van der Waals surface area (Å²) in [6.07, 6.45) is 1.93. The average molecular weight is 355 g/mol. The second-order valence-corrected chi connectivity index (χ2v) is 6.76. The van der Waals surface area contributed by atoms with Crippen LogP contribution in [-0.2, 0) is 12.8 Å². The van der Waals surface area contributed by atoms with Gasteiger partial charge in [0.15, 0.2) is 0 Å². The van der Waals surface area contributed by atoms with Gasteiger partial charge in [-0.25, -0.2) is 0 Å². The normalized spacial score (nSPS) is 10.8. The van der Waals surface area contributed by atoms with E-state index in [1.165, 1.54) is 33.4 Å². The molecule has 0 aromatic heterocycles. The SMILES string of the molecule is CCc1cc(Cl)ccc1-c1ccc(-c2ccc(Cl)cc2CC)cc1. The maximum absolute atomic E-state index is 6.12. The Balaban J connectivity index is 2.00. The predicted octanol–water partition coefficient (Wildman–Crippen LogP) is 7.45. The first kappa shape index (κ1) is 17.1. The Labute approximate surface area is 154 Å². The van der Waals surface area contributed by atoms with Gasteiger partial charge in [-0.2, -0.15) is 0 Å². The average Bonchev–Trinajstić information content (AvgIpc) is 2.61. The summed E-state index contributed by atoms with van der Waals surface area (Å²) in [4.78, 5) is 0. The molecule has 0 bridgehead atoms. The van der Waals surface area contributed by atoms with E-state index in [1.54, 1.807) is 0 Å². The summed E-state index contributed by atoms with van der Waals surface area (Å²) in [6.45, 7) is 4.32. The molecule has 3 rings (SSSR count). The zero-order valence-corrected chi connectivity index (χ0v) is 15.5. The standard InChI is InChI=1S/C22H20Cl2/c1-3-15-13-19(23)9-11-21(15)17-5-7-18(8-6-17)22-12-10-20(24)14-16(22)4-2/h5-14H,3-4H2,1-2H3. The molecule has 3 aromatic carbocycles.